The first kappa shape index (κ1) is 28.7. The fraction of sp³-hybridized carbons (Fsp3) is 0.265. The summed E-state index contributed by atoms with van der Waals surface area (Å²) in [5, 5.41) is 6.21. The zero-order valence-electron chi connectivity index (χ0n) is 23.8. The standard InChI is InChI=1S/C34H32N2O6/c1-4-41-31(38)25-15-11-23(12-16-25)29-20-19-27(21-37)30(24-13-17-26(18-14-24)32(39)42-5-2)34(29)22(3)35-36(33(34)40)28-9-7-6-8-10-28/h6-19,21,29-30H,4-5,20H2,1-3H3/t29-,30+,34+/m0/s1. The number of nitrogens with zero attached hydrogens (tertiary/aromatic N) is 2. The molecule has 3 atom stereocenters. The van der Waals surface area contributed by atoms with Crippen molar-refractivity contribution < 1.29 is 28.7 Å². The zero-order chi connectivity index (χ0) is 29.9. The minimum Gasteiger partial charge on any atom is -0.462 e. The van der Waals surface area contributed by atoms with Gasteiger partial charge in [-0.05, 0) is 80.3 Å². The van der Waals surface area contributed by atoms with Crippen LogP contribution in [0.2, 0.25) is 0 Å². The highest BCUT2D eigenvalue weighted by Gasteiger charge is 2.61. The highest BCUT2D eigenvalue weighted by molar-refractivity contribution is 6.21. The average molecular weight is 565 g/mol. The van der Waals surface area contributed by atoms with Gasteiger partial charge in [0.2, 0.25) is 0 Å². The molecule has 1 spiro atoms. The number of hydrogen-bond donors (Lipinski definition) is 0. The number of rotatable bonds is 8. The van der Waals surface area contributed by atoms with E-state index in [0.29, 0.717) is 40.1 Å². The highest BCUT2D eigenvalue weighted by Crippen LogP contribution is 2.58. The molecule has 0 bridgehead atoms. The van der Waals surface area contributed by atoms with Crippen molar-refractivity contribution in [3.63, 3.8) is 0 Å². The van der Waals surface area contributed by atoms with Crippen molar-refractivity contribution in [1.29, 1.82) is 0 Å². The van der Waals surface area contributed by atoms with Gasteiger partial charge in [0, 0.05) is 11.8 Å². The minimum absolute atomic E-state index is 0.250. The summed E-state index contributed by atoms with van der Waals surface area (Å²) < 4.78 is 10.3. The zero-order valence-corrected chi connectivity index (χ0v) is 23.8. The van der Waals surface area contributed by atoms with E-state index >= 15 is 0 Å². The molecule has 5 rings (SSSR count). The van der Waals surface area contributed by atoms with Crippen LogP contribution in [0, 0.1) is 5.41 Å². The summed E-state index contributed by atoms with van der Waals surface area (Å²) >= 11 is 0. The monoisotopic (exact) mass is 564 g/mol. The van der Waals surface area contributed by atoms with Gasteiger partial charge in [-0.25, -0.2) is 9.59 Å². The van der Waals surface area contributed by atoms with Crippen LogP contribution in [-0.2, 0) is 19.1 Å². The van der Waals surface area contributed by atoms with Gasteiger partial charge in [-0.2, -0.15) is 10.1 Å². The highest BCUT2D eigenvalue weighted by atomic mass is 16.5. The van der Waals surface area contributed by atoms with Crippen LogP contribution >= 0.6 is 0 Å². The molecule has 0 radical (unpaired) electrons. The second-order valence-electron chi connectivity index (χ2n) is 10.2. The van der Waals surface area contributed by atoms with Gasteiger partial charge in [0.15, 0.2) is 0 Å². The Kier molecular flexibility index (Phi) is 8.15. The Hall–Kier alpha value is -4.85. The van der Waals surface area contributed by atoms with E-state index in [1.807, 2.05) is 55.5 Å². The quantitative estimate of drug-likeness (QED) is 0.251. The molecule has 8 nitrogen and oxygen atoms in total. The maximum Gasteiger partial charge on any atom is 0.338 e. The predicted molar refractivity (Wildman–Crippen MR) is 159 cm³/mol. The molecule has 1 aliphatic carbocycles. The lowest BCUT2D eigenvalue weighted by molar-refractivity contribution is -0.125. The number of hydrogen-bond acceptors (Lipinski definition) is 7. The Morgan fingerprint density at radius 2 is 1.43 bits per heavy atom. The first-order valence-electron chi connectivity index (χ1n) is 14.0. The summed E-state index contributed by atoms with van der Waals surface area (Å²) in [6.45, 7) is 5.84. The number of anilines is 1. The number of hydrazone groups is 1. The molecule has 3 aromatic carbocycles. The van der Waals surface area contributed by atoms with Crippen molar-refractivity contribution in [3.05, 3.63) is 113 Å². The third-order valence-corrected chi connectivity index (χ3v) is 8.04. The average Bonchev–Trinajstić information content (AvgIpc) is 3.27. The summed E-state index contributed by atoms with van der Waals surface area (Å²) in [5.74, 6) is -2.21. The van der Waals surface area contributed by atoms with Gasteiger partial charge in [0.05, 0.1) is 35.7 Å². The van der Waals surface area contributed by atoms with E-state index in [1.54, 1.807) is 50.2 Å². The maximum atomic E-state index is 14.8. The van der Waals surface area contributed by atoms with Gasteiger partial charge in [0.1, 0.15) is 11.7 Å². The smallest absolute Gasteiger partial charge is 0.338 e. The van der Waals surface area contributed by atoms with Crippen LogP contribution in [0.15, 0.2) is 95.6 Å². The summed E-state index contributed by atoms with van der Waals surface area (Å²) in [6.07, 6.45) is 3.08. The van der Waals surface area contributed by atoms with E-state index in [1.165, 1.54) is 5.01 Å². The van der Waals surface area contributed by atoms with Crippen molar-refractivity contribution in [2.75, 3.05) is 18.2 Å². The molecule has 0 aromatic heterocycles. The van der Waals surface area contributed by atoms with Gasteiger partial charge in [-0.15, -0.1) is 0 Å². The molecule has 214 valence electrons. The van der Waals surface area contributed by atoms with Crippen LogP contribution in [-0.4, -0.2) is 43.1 Å². The topological polar surface area (TPSA) is 102 Å². The Morgan fingerprint density at radius 3 is 1.95 bits per heavy atom. The van der Waals surface area contributed by atoms with Crippen LogP contribution in [0.5, 0.6) is 0 Å². The second kappa shape index (κ2) is 11.9. The lowest BCUT2D eigenvalue weighted by Gasteiger charge is -2.45. The molecule has 0 saturated carbocycles. The molecule has 42 heavy (non-hydrogen) atoms. The van der Waals surface area contributed by atoms with Crippen LogP contribution in [0.25, 0.3) is 0 Å². The molecule has 1 aliphatic heterocycles. The molecule has 0 unspecified atom stereocenters. The van der Waals surface area contributed by atoms with Crippen LogP contribution in [0.3, 0.4) is 0 Å². The van der Waals surface area contributed by atoms with Crippen LogP contribution < -0.4 is 5.01 Å². The normalized spacial score (nSPS) is 21.5. The summed E-state index contributed by atoms with van der Waals surface area (Å²) in [6, 6.07) is 23.1. The van der Waals surface area contributed by atoms with E-state index in [0.717, 1.165) is 11.8 Å². The number of allylic oxidation sites excluding steroid dienone is 2. The largest absolute Gasteiger partial charge is 0.462 e. The number of para-hydroxylation sites is 1. The Bertz CT molecular complexity index is 1560. The van der Waals surface area contributed by atoms with Crippen molar-refractivity contribution in [2.45, 2.75) is 39.0 Å². The van der Waals surface area contributed by atoms with E-state index in [9.17, 15) is 19.2 Å². The van der Waals surface area contributed by atoms with E-state index < -0.39 is 29.2 Å². The molecule has 0 saturated heterocycles. The number of amides is 1. The van der Waals surface area contributed by atoms with Crippen LogP contribution in [0.1, 0.15) is 70.9 Å². The number of ether oxygens (including phenoxy) is 2. The molecular formula is C34H32N2O6. The number of benzene rings is 3. The van der Waals surface area contributed by atoms with E-state index in [4.69, 9.17) is 14.6 Å². The van der Waals surface area contributed by atoms with Gasteiger partial charge in [0.25, 0.3) is 5.91 Å². The summed E-state index contributed by atoms with van der Waals surface area (Å²) in [4.78, 5) is 52.0. The minimum atomic E-state index is -1.25. The number of carbonyl (C=O) groups is 4. The van der Waals surface area contributed by atoms with Gasteiger partial charge in [-0.1, -0.05) is 48.5 Å². The molecule has 2 aliphatic rings. The first-order valence-corrected chi connectivity index (χ1v) is 14.0. The molecule has 1 amide bonds. The Balaban J connectivity index is 1.67. The molecular weight excluding hydrogens is 532 g/mol. The first-order chi connectivity index (χ1) is 20.4. The van der Waals surface area contributed by atoms with E-state index in [-0.39, 0.29) is 19.1 Å². The summed E-state index contributed by atoms with van der Waals surface area (Å²) in [7, 11) is 0. The maximum absolute atomic E-state index is 14.8. The van der Waals surface area contributed by atoms with Gasteiger partial charge < -0.3 is 9.47 Å². The van der Waals surface area contributed by atoms with Crippen molar-refractivity contribution in [2.24, 2.45) is 10.5 Å². The lowest BCUT2D eigenvalue weighted by atomic mass is 9.54. The van der Waals surface area contributed by atoms with Gasteiger partial charge in [-0.3, -0.25) is 9.59 Å². The number of esters is 2. The third-order valence-electron chi connectivity index (χ3n) is 8.04. The lowest BCUT2D eigenvalue weighted by Crippen LogP contribution is -2.50. The predicted octanol–water partition coefficient (Wildman–Crippen LogP) is 5.85. The number of carbonyl (C=O) groups excluding carboxylic acids is 4. The number of aldehydes is 1. The van der Waals surface area contributed by atoms with Crippen molar-refractivity contribution in [3.8, 4) is 0 Å². The summed E-state index contributed by atoms with van der Waals surface area (Å²) in [5.41, 5.74) is 2.73. The Morgan fingerprint density at radius 1 is 0.881 bits per heavy atom. The van der Waals surface area contributed by atoms with Crippen molar-refractivity contribution >= 4 is 35.5 Å². The SMILES string of the molecule is CCOC(=O)c1ccc([C@@H]2CC=C(C=O)[C@@H](c3ccc(C(=O)OCC)cc3)[C@]23C(=O)N(c2ccccc2)N=C3C)cc1. The second-order valence-corrected chi connectivity index (χ2v) is 10.2. The van der Waals surface area contributed by atoms with E-state index in [2.05, 4.69) is 0 Å². The fourth-order valence-electron chi connectivity index (χ4n) is 6.17. The molecule has 1 heterocycles. The fourth-order valence-corrected chi connectivity index (χ4v) is 6.17. The Labute approximate surface area is 244 Å². The van der Waals surface area contributed by atoms with Crippen molar-refractivity contribution in [1.82, 2.24) is 0 Å². The molecule has 3 aromatic rings. The molecule has 0 fully saturated rings. The van der Waals surface area contributed by atoms with Crippen LogP contribution in [0.4, 0.5) is 5.69 Å². The van der Waals surface area contributed by atoms with Gasteiger partial charge >= 0.3 is 11.9 Å². The molecule has 0 N–H and O–H groups in total. The third kappa shape index (κ3) is 4.83. The molecule has 8 heteroatoms.